The van der Waals surface area contributed by atoms with Gasteiger partial charge in [-0.1, -0.05) is 36.4 Å². The maximum Gasteiger partial charge on any atom is 0.237 e. The van der Waals surface area contributed by atoms with E-state index in [1.807, 2.05) is 53.4 Å². The number of carbonyl (C=O) groups is 2. The van der Waals surface area contributed by atoms with E-state index in [0.717, 1.165) is 24.5 Å². The van der Waals surface area contributed by atoms with Gasteiger partial charge in [-0.3, -0.25) is 9.59 Å². The molecule has 3 N–H and O–H groups in total. The number of piperazine rings is 1. The molecular weight excluding hydrogens is 425 g/mol. The van der Waals surface area contributed by atoms with Gasteiger partial charge < -0.3 is 20.9 Å². The number of nitrogens with zero attached hydrogens (tertiary/aromatic N) is 3. The quantitative estimate of drug-likeness (QED) is 0.664. The van der Waals surface area contributed by atoms with Crippen LogP contribution in [-0.4, -0.2) is 60.5 Å². The summed E-state index contributed by atoms with van der Waals surface area (Å²) < 4.78 is 0. The third-order valence-electron chi connectivity index (χ3n) is 4.88. The Morgan fingerprint density at radius 2 is 1.67 bits per heavy atom. The van der Waals surface area contributed by atoms with Gasteiger partial charge in [0.15, 0.2) is 0 Å². The van der Waals surface area contributed by atoms with Crippen LogP contribution in [0.4, 0.5) is 5.82 Å². The topological polar surface area (TPSA) is 91.6 Å². The van der Waals surface area contributed by atoms with Crippen molar-refractivity contribution in [3.05, 3.63) is 60.3 Å². The molecule has 0 bridgehead atoms. The Bertz CT molecular complexity index is 771. The van der Waals surface area contributed by atoms with Crippen molar-refractivity contribution in [3.8, 4) is 0 Å². The Morgan fingerprint density at radius 1 is 1.00 bits per heavy atom. The fourth-order valence-corrected chi connectivity index (χ4v) is 3.27. The second kappa shape index (κ2) is 13.1. The maximum atomic E-state index is 12.4. The molecule has 2 aromatic rings. The van der Waals surface area contributed by atoms with Crippen molar-refractivity contribution in [1.82, 2.24) is 15.2 Å². The van der Waals surface area contributed by atoms with Crippen LogP contribution in [0.3, 0.4) is 0 Å². The molecule has 0 aliphatic carbocycles. The Hall–Kier alpha value is -2.35. The minimum Gasteiger partial charge on any atom is -0.354 e. The number of carbonyl (C=O) groups excluding carboxylic acids is 2. The summed E-state index contributed by atoms with van der Waals surface area (Å²) >= 11 is 0. The van der Waals surface area contributed by atoms with Crippen molar-refractivity contribution >= 4 is 42.4 Å². The number of halogens is 2. The molecule has 1 aromatic heterocycles. The number of pyridine rings is 1. The minimum absolute atomic E-state index is 0. The van der Waals surface area contributed by atoms with Gasteiger partial charge in [0.2, 0.25) is 11.8 Å². The first kappa shape index (κ1) is 25.7. The third-order valence-corrected chi connectivity index (χ3v) is 4.88. The van der Waals surface area contributed by atoms with Crippen molar-refractivity contribution in [1.29, 1.82) is 0 Å². The second-order valence-electron chi connectivity index (χ2n) is 6.89. The van der Waals surface area contributed by atoms with Crippen molar-refractivity contribution in [2.75, 3.05) is 37.6 Å². The molecule has 1 aliphatic rings. The zero-order valence-electron chi connectivity index (χ0n) is 16.8. The van der Waals surface area contributed by atoms with Crippen LogP contribution in [-0.2, 0) is 16.0 Å². The summed E-state index contributed by atoms with van der Waals surface area (Å²) in [5, 5.41) is 2.78. The van der Waals surface area contributed by atoms with Gasteiger partial charge in [-0.15, -0.1) is 24.8 Å². The molecular formula is C21H29Cl2N5O2. The highest BCUT2D eigenvalue weighted by Crippen LogP contribution is 2.12. The molecule has 1 aromatic carbocycles. The molecule has 164 valence electrons. The number of hydrogen-bond acceptors (Lipinski definition) is 5. The van der Waals surface area contributed by atoms with Crippen molar-refractivity contribution < 1.29 is 9.59 Å². The summed E-state index contributed by atoms with van der Waals surface area (Å²) in [6, 6.07) is 14.9. The molecule has 0 saturated carbocycles. The number of hydrogen-bond donors (Lipinski definition) is 2. The van der Waals surface area contributed by atoms with Crippen LogP contribution in [0.2, 0.25) is 0 Å². The first-order valence-corrected chi connectivity index (χ1v) is 9.64. The highest BCUT2D eigenvalue weighted by Gasteiger charge is 2.22. The van der Waals surface area contributed by atoms with Crippen molar-refractivity contribution in [3.63, 3.8) is 0 Å². The van der Waals surface area contributed by atoms with Crippen LogP contribution in [0.15, 0.2) is 54.7 Å². The summed E-state index contributed by atoms with van der Waals surface area (Å²) in [7, 11) is 0. The van der Waals surface area contributed by atoms with E-state index in [2.05, 4.69) is 15.2 Å². The van der Waals surface area contributed by atoms with Crippen LogP contribution >= 0.6 is 24.8 Å². The normalized spacial score (nSPS) is 14.2. The molecule has 2 heterocycles. The number of rotatable bonds is 7. The van der Waals surface area contributed by atoms with Gasteiger partial charge in [-0.2, -0.15) is 0 Å². The number of amides is 2. The highest BCUT2D eigenvalue weighted by molar-refractivity contribution is 5.85. The number of anilines is 1. The Kier molecular flexibility index (Phi) is 11.2. The number of aromatic nitrogens is 1. The Balaban J connectivity index is 0.00000225. The summed E-state index contributed by atoms with van der Waals surface area (Å²) in [6.07, 6.45) is 2.54. The SMILES string of the molecule is Cl.Cl.NC(Cc1ccccc1)C(=O)NCCC(=O)N1CCN(c2ccccn2)CC1. The lowest BCUT2D eigenvalue weighted by Crippen LogP contribution is -2.50. The van der Waals surface area contributed by atoms with E-state index >= 15 is 0 Å². The fraction of sp³-hybridized carbons (Fsp3) is 0.381. The van der Waals surface area contributed by atoms with Crippen LogP contribution in [0.25, 0.3) is 0 Å². The van der Waals surface area contributed by atoms with Crippen LogP contribution < -0.4 is 16.0 Å². The molecule has 30 heavy (non-hydrogen) atoms. The Labute approximate surface area is 189 Å². The standard InChI is InChI=1S/C21H27N5O2.2ClH/c22-18(16-17-6-2-1-3-7-17)21(28)24-11-9-20(27)26-14-12-25(13-15-26)19-8-4-5-10-23-19;;/h1-8,10,18H,9,11-16,22H2,(H,24,28);2*1H. The number of nitrogens with one attached hydrogen (secondary N) is 1. The van der Waals surface area contributed by atoms with E-state index in [9.17, 15) is 9.59 Å². The summed E-state index contributed by atoms with van der Waals surface area (Å²) in [5.41, 5.74) is 6.98. The van der Waals surface area contributed by atoms with Crippen molar-refractivity contribution in [2.45, 2.75) is 18.9 Å². The van der Waals surface area contributed by atoms with Gasteiger partial charge in [0.25, 0.3) is 0 Å². The Morgan fingerprint density at radius 3 is 2.30 bits per heavy atom. The molecule has 0 spiro atoms. The van der Waals surface area contributed by atoms with E-state index < -0.39 is 6.04 Å². The smallest absolute Gasteiger partial charge is 0.237 e. The first-order valence-electron chi connectivity index (χ1n) is 9.64. The van der Waals surface area contributed by atoms with Gasteiger partial charge in [0.05, 0.1) is 6.04 Å². The molecule has 2 amide bonds. The number of benzene rings is 1. The molecule has 7 nitrogen and oxygen atoms in total. The van der Waals surface area contributed by atoms with Gasteiger partial charge in [0.1, 0.15) is 5.82 Å². The molecule has 3 rings (SSSR count). The monoisotopic (exact) mass is 453 g/mol. The van der Waals surface area contributed by atoms with E-state index in [0.29, 0.717) is 26.1 Å². The molecule has 1 atom stereocenters. The number of nitrogens with two attached hydrogens (primary N) is 1. The summed E-state index contributed by atoms with van der Waals surface area (Å²) in [6.45, 7) is 3.16. The largest absolute Gasteiger partial charge is 0.354 e. The predicted octanol–water partition coefficient (Wildman–Crippen LogP) is 1.65. The lowest BCUT2D eigenvalue weighted by atomic mass is 10.1. The van der Waals surface area contributed by atoms with Gasteiger partial charge >= 0.3 is 0 Å². The fourth-order valence-electron chi connectivity index (χ4n) is 3.27. The molecule has 1 fully saturated rings. The lowest BCUT2D eigenvalue weighted by molar-refractivity contribution is -0.131. The summed E-state index contributed by atoms with van der Waals surface area (Å²) in [5.74, 6) is 0.767. The second-order valence-corrected chi connectivity index (χ2v) is 6.89. The van der Waals surface area contributed by atoms with Crippen LogP contribution in [0.5, 0.6) is 0 Å². The molecule has 0 radical (unpaired) electrons. The molecule has 9 heteroatoms. The molecule has 1 aliphatic heterocycles. The van der Waals surface area contributed by atoms with Gasteiger partial charge in [-0.05, 0) is 24.1 Å². The highest BCUT2D eigenvalue weighted by atomic mass is 35.5. The average Bonchev–Trinajstić information content (AvgIpc) is 2.75. The van der Waals surface area contributed by atoms with Crippen molar-refractivity contribution in [2.24, 2.45) is 5.73 Å². The molecule has 1 unspecified atom stereocenters. The zero-order valence-corrected chi connectivity index (χ0v) is 18.4. The first-order chi connectivity index (χ1) is 13.6. The van der Waals surface area contributed by atoms with E-state index in [4.69, 9.17) is 5.73 Å². The van der Waals surface area contributed by atoms with Gasteiger partial charge in [0, 0.05) is 45.3 Å². The van der Waals surface area contributed by atoms with Gasteiger partial charge in [-0.25, -0.2) is 4.98 Å². The summed E-state index contributed by atoms with van der Waals surface area (Å²) in [4.78, 5) is 32.9. The lowest BCUT2D eigenvalue weighted by Gasteiger charge is -2.35. The van der Waals surface area contributed by atoms with Crippen LogP contribution in [0, 0.1) is 0 Å². The average molecular weight is 454 g/mol. The van der Waals surface area contributed by atoms with Crippen LogP contribution in [0.1, 0.15) is 12.0 Å². The molecule has 1 saturated heterocycles. The zero-order chi connectivity index (χ0) is 19.8. The van der Waals surface area contributed by atoms with E-state index in [-0.39, 0.29) is 43.0 Å². The predicted molar refractivity (Wildman–Crippen MR) is 123 cm³/mol. The minimum atomic E-state index is -0.612. The maximum absolute atomic E-state index is 12.4. The van der Waals surface area contributed by atoms with E-state index in [1.54, 1.807) is 6.20 Å². The van der Waals surface area contributed by atoms with E-state index in [1.165, 1.54) is 0 Å². The third kappa shape index (κ3) is 7.48.